The maximum Gasteiger partial charge on any atom is 0.251 e. The van der Waals surface area contributed by atoms with Crippen molar-refractivity contribution in [3.05, 3.63) is 83.4 Å². The Labute approximate surface area is 200 Å². The Morgan fingerprint density at radius 3 is 2.06 bits per heavy atom. The van der Waals surface area contributed by atoms with Gasteiger partial charge in [-0.3, -0.25) is 9.10 Å². The number of nitrogens with one attached hydrogen (secondary N) is 1. The van der Waals surface area contributed by atoms with Gasteiger partial charge >= 0.3 is 0 Å². The number of benzene rings is 3. The smallest absolute Gasteiger partial charge is 0.251 e. The molecule has 0 unspecified atom stereocenters. The summed E-state index contributed by atoms with van der Waals surface area (Å²) in [6.45, 7) is 0.420. The minimum Gasteiger partial charge on any atom is -0.495 e. The molecule has 0 heterocycles. The maximum atomic E-state index is 12.6. The summed E-state index contributed by atoms with van der Waals surface area (Å²) in [7, 11) is 1.04. The van der Waals surface area contributed by atoms with E-state index in [1.54, 1.807) is 74.9 Å². The van der Waals surface area contributed by atoms with Gasteiger partial charge in [-0.25, -0.2) is 8.42 Å². The van der Waals surface area contributed by atoms with Gasteiger partial charge in [-0.15, -0.1) is 0 Å². The molecule has 3 rings (SSSR count). The van der Waals surface area contributed by atoms with Crippen LogP contribution < -0.4 is 23.8 Å². The third-order valence-corrected chi connectivity index (χ3v) is 6.32. The third-order valence-electron chi connectivity index (χ3n) is 5.20. The molecular formula is C25H28N2O6S. The molecule has 34 heavy (non-hydrogen) atoms. The fourth-order valence-corrected chi connectivity index (χ4v) is 4.31. The molecule has 0 spiro atoms. The molecule has 0 fully saturated rings. The van der Waals surface area contributed by atoms with E-state index in [1.807, 2.05) is 6.07 Å². The highest BCUT2D eigenvalue weighted by Crippen LogP contribution is 2.31. The number of hydrogen-bond donors (Lipinski definition) is 1. The van der Waals surface area contributed by atoms with Crippen molar-refractivity contribution in [3.8, 4) is 17.2 Å². The topological polar surface area (TPSA) is 94.2 Å². The lowest BCUT2D eigenvalue weighted by atomic mass is 10.1. The van der Waals surface area contributed by atoms with Gasteiger partial charge in [-0.2, -0.15) is 0 Å². The SMILES string of the molecule is COc1ccc(CNC(=O)c2ccc(CN(c3ccccc3OC)S(C)(=O)=O)cc2)cc1OC. The second-order valence-electron chi connectivity index (χ2n) is 7.51. The Morgan fingerprint density at radius 1 is 0.824 bits per heavy atom. The number of rotatable bonds is 10. The summed E-state index contributed by atoms with van der Waals surface area (Å²) < 4.78 is 42.1. The number of nitrogens with zero attached hydrogens (tertiary/aromatic N) is 1. The Kier molecular flexibility index (Phi) is 8.01. The van der Waals surface area contributed by atoms with Crippen LogP contribution in [0.3, 0.4) is 0 Å². The van der Waals surface area contributed by atoms with E-state index < -0.39 is 10.0 Å². The molecule has 0 bridgehead atoms. The van der Waals surface area contributed by atoms with Crippen molar-refractivity contribution in [3.63, 3.8) is 0 Å². The quantitative estimate of drug-likeness (QED) is 0.473. The minimum absolute atomic E-state index is 0.104. The molecule has 9 heteroatoms. The molecule has 0 aliphatic rings. The summed E-state index contributed by atoms with van der Waals surface area (Å²) in [5.74, 6) is 1.42. The summed E-state index contributed by atoms with van der Waals surface area (Å²) in [5.41, 5.74) is 2.51. The molecule has 0 aliphatic carbocycles. The summed E-state index contributed by atoms with van der Waals surface area (Å²) in [6, 6.07) is 19.2. The summed E-state index contributed by atoms with van der Waals surface area (Å²) >= 11 is 0. The molecule has 3 aromatic carbocycles. The van der Waals surface area contributed by atoms with Gasteiger partial charge in [0.1, 0.15) is 5.75 Å². The van der Waals surface area contributed by atoms with Crippen LogP contribution in [-0.2, 0) is 23.1 Å². The first kappa shape index (κ1) is 24.9. The summed E-state index contributed by atoms with van der Waals surface area (Å²) in [5, 5.41) is 2.87. The molecule has 0 atom stereocenters. The number of ether oxygens (including phenoxy) is 3. The van der Waals surface area contributed by atoms with E-state index in [4.69, 9.17) is 14.2 Å². The molecule has 3 aromatic rings. The van der Waals surface area contributed by atoms with Gasteiger partial charge in [0, 0.05) is 12.1 Å². The standard InChI is InChI=1S/C25H28N2O6S/c1-31-22-8-6-5-7-21(22)27(34(4,29)30)17-18-9-12-20(13-10-18)25(28)26-16-19-11-14-23(32-2)24(15-19)33-3/h5-15H,16-17H2,1-4H3,(H,26,28). The highest BCUT2D eigenvalue weighted by molar-refractivity contribution is 7.92. The first-order valence-corrected chi connectivity index (χ1v) is 12.3. The van der Waals surface area contributed by atoms with E-state index >= 15 is 0 Å². The fourth-order valence-electron chi connectivity index (χ4n) is 3.42. The van der Waals surface area contributed by atoms with Gasteiger partial charge in [0.25, 0.3) is 5.91 Å². The third kappa shape index (κ3) is 5.99. The highest BCUT2D eigenvalue weighted by Gasteiger charge is 2.21. The van der Waals surface area contributed by atoms with Gasteiger partial charge in [0.05, 0.1) is 39.8 Å². The van der Waals surface area contributed by atoms with Crippen LogP contribution in [0, 0.1) is 0 Å². The largest absolute Gasteiger partial charge is 0.495 e. The molecule has 0 saturated heterocycles. The van der Waals surface area contributed by atoms with Crippen molar-refractivity contribution in [1.29, 1.82) is 0 Å². The lowest BCUT2D eigenvalue weighted by Gasteiger charge is -2.24. The monoisotopic (exact) mass is 484 g/mol. The number of hydrogen-bond acceptors (Lipinski definition) is 6. The normalized spacial score (nSPS) is 10.9. The Hall–Kier alpha value is -3.72. The first-order valence-electron chi connectivity index (χ1n) is 10.5. The fraction of sp³-hybridized carbons (Fsp3) is 0.240. The van der Waals surface area contributed by atoms with E-state index in [-0.39, 0.29) is 12.5 Å². The zero-order chi connectivity index (χ0) is 24.7. The maximum absolute atomic E-state index is 12.6. The zero-order valence-corrected chi connectivity index (χ0v) is 20.4. The van der Waals surface area contributed by atoms with Crippen molar-refractivity contribution in [2.75, 3.05) is 31.9 Å². The Balaban J connectivity index is 1.70. The van der Waals surface area contributed by atoms with Crippen molar-refractivity contribution < 1.29 is 27.4 Å². The molecule has 0 saturated carbocycles. The average molecular weight is 485 g/mol. The molecule has 0 aromatic heterocycles. The van der Waals surface area contributed by atoms with E-state index in [0.717, 1.165) is 17.4 Å². The first-order chi connectivity index (χ1) is 16.3. The van der Waals surface area contributed by atoms with Crippen molar-refractivity contribution >= 4 is 21.6 Å². The Morgan fingerprint density at radius 2 is 1.44 bits per heavy atom. The number of sulfonamides is 1. The van der Waals surface area contributed by atoms with E-state index in [2.05, 4.69) is 5.32 Å². The predicted molar refractivity (Wildman–Crippen MR) is 131 cm³/mol. The van der Waals surface area contributed by atoms with Gasteiger partial charge in [-0.05, 0) is 47.5 Å². The van der Waals surface area contributed by atoms with Crippen molar-refractivity contribution in [1.82, 2.24) is 5.32 Å². The van der Waals surface area contributed by atoms with Gasteiger partial charge in [-0.1, -0.05) is 30.3 Å². The molecule has 8 nitrogen and oxygen atoms in total. The number of para-hydroxylation sites is 2. The second-order valence-corrected chi connectivity index (χ2v) is 9.42. The van der Waals surface area contributed by atoms with Gasteiger partial charge < -0.3 is 19.5 Å². The summed E-state index contributed by atoms with van der Waals surface area (Å²) in [6.07, 6.45) is 1.15. The van der Waals surface area contributed by atoms with Crippen LogP contribution in [0.1, 0.15) is 21.5 Å². The van der Waals surface area contributed by atoms with Crippen LogP contribution in [-0.4, -0.2) is 41.9 Å². The number of carbonyl (C=O) groups is 1. The average Bonchev–Trinajstić information content (AvgIpc) is 2.85. The lowest BCUT2D eigenvalue weighted by Crippen LogP contribution is -2.29. The van der Waals surface area contributed by atoms with Crippen LogP contribution in [0.5, 0.6) is 17.2 Å². The number of carbonyl (C=O) groups excluding carboxylic acids is 1. The summed E-state index contributed by atoms with van der Waals surface area (Å²) in [4.78, 5) is 12.6. The molecule has 1 amide bonds. The van der Waals surface area contributed by atoms with Crippen LogP contribution in [0.4, 0.5) is 5.69 Å². The molecule has 1 N–H and O–H groups in total. The predicted octanol–water partition coefficient (Wildman–Crippen LogP) is 3.61. The van der Waals surface area contributed by atoms with E-state index in [9.17, 15) is 13.2 Å². The molecular weight excluding hydrogens is 456 g/mol. The number of anilines is 1. The van der Waals surface area contributed by atoms with Crippen molar-refractivity contribution in [2.24, 2.45) is 0 Å². The second kappa shape index (κ2) is 10.9. The molecule has 180 valence electrons. The van der Waals surface area contributed by atoms with Crippen LogP contribution in [0.15, 0.2) is 66.7 Å². The van der Waals surface area contributed by atoms with E-state index in [0.29, 0.717) is 35.0 Å². The Bertz CT molecular complexity index is 1240. The number of amides is 1. The van der Waals surface area contributed by atoms with Crippen molar-refractivity contribution in [2.45, 2.75) is 13.1 Å². The van der Waals surface area contributed by atoms with Crippen LogP contribution >= 0.6 is 0 Å². The van der Waals surface area contributed by atoms with Crippen LogP contribution in [0.25, 0.3) is 0 Å². The number of methoxy groups -OCH3 is 3. The molecule has 0 radical (unpaired) electrons. The van der Waals surface area contributed by atoms with E-state index in [1.165, 1.54) is 11.4 Å². The zero-order valence-electron chi connectivity index (χ0n) is 19.6. The van der Waals surface area contributed by atoms with Crippen LogP contribution in [0.2, 0.25) is 0 Å². The lowest BCUT2D eigenvalue weighted by molar-refractivity contribution is 0.0951. The molecule has 0 aliphatic heterocycles. The van der Waals surface area contributed by atoms with Gasteiger partial charge in [0.2, 0.25) is 10.0 Å². The highest BCUT2D eigenvalue weighted by atomic mass is 32.2. The minimum atomic E-state index is -3.57. The van der Waals surface area contributed by atoms with Gasteiger partial charge in [0.15, 0.2) is 11.5 Å².